The van der Waals surface area contributed by atoms with Crippen LogP contribution < -0.4 is 5.73 Å². The highest BCUT2D eigenvalue weighted by Gasteiger charge is 2.42. The average Bonchev–Trinajstić information content (AvgIpc) is 2.83. The van der Waals surface area contributed by atoms with E-state index in [4.69, 9.17) is 5.73 Å². The molecule has 8 heteroatoms. The maximum atomic E-state index is 12.7. The van der Waals surface area contributed by atoms with Crippen molar-refractivity contribution in [3.63, 3.8) is 0 Å². The molecule has 1 heterocycles. The molecule has 1 fully saturated rings. The highest BCUT2D eigenvalue weighted by molar-refractivity contribution is 6.43. The summed E-state index contributed by atoms with van der Waals surface area (Å²) in [4.78, 5) is 26.9. The zero-order valence-electron chi connectivity index (χ0n) is 12.3. The third-order valence-electron chi connectivity index (χ3n) is 3.77. The molecule has 4 N–H and O–H groups in total. The van der Waals surface area contributed by atoms with Gasteiger partial charge < -0.3 is 25.6 Å². The number of rotatable bonds is 5. The number of hydrogen-bond donors (Lipinski definition) is 3. The minimum absolute atomic E-state index is 0.105. The molecule has 0 radical (unpaired) electrons. The van der Waals surface area contributed by atoms with Crippen LogP contribution in [0.5, 0.6) is 0 Å². The molecular formula is C12H24BN3O4. The summed E-state index contributed by atoms with van der Waals surface area (Å²) in [5, 5.41) is 18.7. The molecule has 3 amide bonds. The average molecular weight is 285 g/mol. The number of carbonyl (C=O) groups excluding carboxylic acids is 2. The number of urea groups is 1. The number of carbonyl (C=O) groups is 2. The first-order valence-electron chi connectivity index (χ1n) is 7.03. The van der Waals surface area contributed by atoms with E-state index < -0.39 is 25.1 Å². The van der Waals surface area contributed by atoms with Crippen molar-refractivity contribution in [2.45, 2.75) is 45.6 Å². The van der Waals surface area contributed by atoms with E-state index in [0.29, 0.717) is 19.5 Å². The minimum Gasteiger partial charge on any atom is -0.426 e. The van der Waals surface area contributed by atoms with Crippen LogP contribution in [-0.4, -0.2) is 64.0 Å². The second kappa shape index (κ2) is 6.94. The Morgan fingerprint density at radius 3 is 2.45 bits per heavy atom. The molecule has 0 aromatic heterocycles. The lowest BCUT2D eigenvalue weighted by molar-refractivity contribution is -0.137. The lowest BCUT2D eigenvalue weighted by atomic mass is 9.77. The second-order valence-electron chi connectivity index (χ2n) is 5.47. The Morgan fingerprint density at radius 2 is 2.05 bits per heavy atom. The molecule has 0 bridgehead atoms. The molecule has 1 rings (SSSR count). The van der Waals surface area contributed by atoms with Crippen molar-refractivity contribution in [3.05, 3.63) is 0 Å². The molecule has 0 aliphatic carbocycles. The largest absolute Gasteiger partial charge is 0.475 e. The molecule has 1 aliphatic rings. The van der Waals surface area contributed by atoms with Crippen LogP contribution in [0, 0.1) is 5.92 Å². The van der Waals surface area contributed by atoms with Gasteiger partial charge in [-0.25, -0.2) is 4.79 Å². The highest BCUT2D eigenvalue weighted by Crippen LogP contribution is 2.23. The summed E-state index contributed by atoms with van der Waals surface area (Å²) in [7, 11) is -1.56. The van der Waals surface area contributed by atoms with Crippen molar-refractivity contribution in [1.82, 2.24) is 9.80 Å². The number of likely N-dealkylation sites (N-methyl/N-ethyl adjacent to an activating group) is 1. The van der Waals surface area contributed by atoms with Crippen LogP contribution in [0.1, 0.15) is 33.6 Å². The van der Waals surface area contributed by atoms with Crippen molar-refractivity contribution in [2.75, 3.05) is 13.1 Å². The van der Waals surface area contributed by atoms with E-state index >= 15 is 0 Å². The zero-order chi connectivity index (χ0) is 15.4. The van der Waals surface area contributed by atoms with Crippen molar-refractivity contribution in [2.24, 2.45) is 11.7 Å². The van der Waals surface area contributed by atoms with Crippen LogP contribution >= 0.6 is 0 Å². The number of amides is 3. The van der Waals surface area contributed by atoms with Gasteiger partial charge in [0.25, 0.3) is 0 Å². The Labute approximate surface area is 119 Å². The summed E-state index contributed by atoms with van der Waals surface area (Å²) >= 11 is 0. The van der Waals surface area contributed by atoms with E-state index in [0.717, 1.165) is 6.42 Å². The molecule has 0 unspecified atom stereocenters. The Kier molecular flexibility index (Phi) is 5.82. The molecule has 1 aliphatic heterocycles. The molecule has 0 saturated carbocycles. The zero-order valence-corrected chi connectivity index (χ0v) is 12.3. The fourth-order valence-corrected chi connectivity index (χ4v) is 2.81. The number of primary amides is 1. The van der Waals surface area contributed by atoms with E-state index in [1.54, 1.807) is 6.92 Å². The van der Waals surface area contributed by atoms with Crippen LogP contribution in [0.2, 0.25) is 0 Å². The summed E-state index contributed by atoms with van der Waals surface area (Å²) in [6.45, 7) is 6.25. The second-order valence-corrected chi connectivity index (χ2v) is 5.47. The van der Waals surface area contributed by atoms with Gasteiger partial charge in [-0.3, -0.25) is 4.79 Å². The maximum Gasteiger partial charge on any atom is 0.475 e. The number of nitrogens with zero attached hydrogens (tertiary/aromatic N) is 2. The summed E-state index contributed by atoms with van der Waals surface area (Å²) in [5.41, 5.74) is 5.33. The normalized spacial score (nSPS) is 20.1. The van der Waals surface area contributed by atoms with Gasteiger partial charge in [0.15, 0.2) is 0 Å². The van der Waals surface area contributed by atoms with E-state index in [-0.39, 0.29) is 11.8 Å². The molecular weight excluding hydrogens is 261 g/mol. The lowest BCUT2D eigenvalue weighted by Gasteiger charge is -2.36. The van der Waals surface area contributed by atoms with Crippen LogP contribution in [0.15, 0.2) is 0 Å². The van der Waals surface area contributed by atoms with Gasteiger partial charge in [-0.05, 0) is 25.7 Å². The van der Waals surface area contributed by atoms with Crippen LogP contribution in [0.3, 0.4) is 0 Å². The predicted octanol–water partition coefficient (Wildman–Crippen LogP) is -0.585. The summed E-state index contributed by atoms with van der Waals surface area (Å²) < 4.78 is 0. The topological polar surface area (TPSA) is 107 Å². The van der Waals surface area contributed by atoms with Crippen LogP contribution in [0.4, 0.5) is 4.79 Å². The molecule has 7 nitrogen and oxygen atoms in total. The lowest BCUT2D eigenvalue weighted by Crippen LogP contribution is -2.57. The molecule has 20 heavy (non-hydrogen) atoms. The fraction of sp³-hybridized carbons (Fsp3) is 0.833. The third kappa shape index (κ3) is 3.43. The maximum absolute atomic E-state index is 12.7. The van der Waals surface area contributed by atoms with E-state index in [1.165, 1.54) is 9.80 Å². The summed E-state index contributed by atoms with van der Waals surface area (Å²) in [5.74, 6) is -0.974. The van der Waals surface area contributed by atoms with Gasteiger partial charge in [-0.2, -0.15) is 0 Å². The SMILES string of the molecule is CCN(C(N)=O)[C@H](C(=O)N1CCC[C@H]1B(O)O)C(C)C. The standard InChI is InChI=1S/C12H24BN3O4/c1-4-15(12(14)18)10(8(2)3)11(17)16-7-5-6-9(16)13(19)20/h8-10,19-20H,4-7H2,1-3H3,(H2,14,18)/t9-,10-/m0/s1. The quantitative estimate of drug-likeness (QED) is 0.587. The first-order chi connectivity index (χ1) is 9.31. The Hall–Kier alpha value is -1.28. The van der Waals surface area contributed by atoms with Gasteiger partial charge in [0.2, 0.25) is 5.91 Å². The molecule has 1 saturated heterocycles. The van der Waals surface area contributed by atoms with Crippen LogP contribution in [-0.2, 0) is 4.79 Å². The molecule has 0 aromatic carbocycles. The molecule has 0 spiro atoms. The summed E-state index contributed by atoms with van der Waals surface area (Å²) in [6, 6.07) is -1.31. The number of hydrogen-bond acceptors (Lipinski definition) is 4. The van der Waals surface area contributed by atoms with Gasteiger partial charge >= 0.3 is 13.1 Å². The van der Waals surface area contributed by atoms with E-state index in [2.05, 4.69) is 0 Å². The monoisotopic (exact) mass is 285 g/mol. The van der Waals surface area contributed by atoms with E-state index in [9.17, 15) is 19.6 Å². The van der Waals surface area contributed by atoms with E-state index in [1.807, 2.05) is 13.8 Å². The Morgan fingerprint density at radius 1 is 1.45 bits per heavy atom. The van der Waals surface area contributed by atoms with Gasteiger partial charge in [0.1, 0.15) is 6.04 Å². The minimum atomic E-state index is -1.56. The smallest absolute Gasteiger partial charge is 0.426 e. The van der Waals surface area contributed by atoms with Crippen molar-refractivity contribution < 1.29 is 19.6 Å². The van der Waals surface area contributed by atoms with Gasteiger partial charge in [0, 0.05) is 13.1 Å². The molecule has 0 aromatic rings. The van der Waals surface area contributed by atoms with Gasteiger partial charge in [-0.15, -0.1) is 0 Å². The number of nitrogens with two attached hydrogens (primary N) is 1. The number of likely N-dealkylation sites (tertiary alicyclic amines) is 1. The first kappa shape index (κ1) is 16.8. The Bertz CT molecular complexity index is 365. The highest BCUT2D eigenvalue weighted by atomic mass is 16.4. The Balaban J connectivity index is 2.97. The fourth-order valence-electron chi connectivity index (χ4n) is 2.81. The first-order valence-corrected chi connectivity index (χ1v) is 7.03. The predicted molar refractivity (Wildman–Crippen MR) is 75.5 cm³/mol. The summed E-state index contributed by atoms with van der Waals surface area (Å²) in [6.07, 6.45) is 1.28. The molecule has 114 valence electrons. The molecule has 2 atom stereocenters. The van der Waals surface area contributed by atoms with Crippen molar-refractivity contribution in [3.8, 4) is 0 Å². The third-order valence-corrected chi connectivity index (χ3v) is 3.77. The van der Waals surface area contributed by atoms with Crippen molar-refractivity contribution >= 4 is 19.1 Å². The van der Waals surface area contributed by atoms with Crippen LogP contribution in [0.25, 0.3) is 0 Å². The van der Waals surface area contributed by atoms with Gasteiger partial charge in [-0.1, -0.05) is 13.8 Å². The van der Waals surface area contributed by atoms with Gasteiger partial charge in [0.05, 0.1) is 5.94 Å². The van der Waals surface area contributed by atoms with Crippen molar-refractivity contribution in [1.29, 1.82) is 0 Å².